The first kappa shape index (κ1) is 17.0. The second-order valence-corrected chi connectivity index (χ2v) is 6.53. The Hall–Kier alpha value is -1.32. The average Bonchev–Trinajstić information content (AvgIpc) is 2.55. The molecule has 0 saturated heterocycles. The maximum Gasteiger partial charge on any atom is 0.249 e. The minimum atomic E-state index is 0.0485. The molecule has 2 rings (SSSR count). The van der Waals surface area contributed by atoms with Crippen molar-refractivity contribution in [1.29, 1.82) is 0 Å². The Bertz CT molecular complexity index is 548. The van der Waals surface area contributed by atoms with E-state index in [0.717, 1.165) is 31.2 Å². The molecule has 1 saturated carbocycles. The smallest absolute Gasteiger partial charge is 0.249 e. The van der Waals surface area contributed by atoms with Crippen LogP contribution < -0.4 is 0 Å². The lowest BCUT2D eigenvalue weighted by atomic mass is 9.86. The highest BCUT2D eigenvalue weighted by molar-refractivity contribution is 6.32. The third kappa shape index (κ3) is 4.11. The van der Waals surface area contributed by atoms with Crippen molar-refractivity contribution in [3.05, 3.63) is 40.4 Å². The van der Waals surface area contributed by atoms with Crippen molar-refractivity contribution in [1.82, 2.24) is 4.90 Å². The van der Waals surface area contributed by atoms with Crippen LogP contribution in [-0.4, -0.2) is 35.6 Å². The Morgan fingerprint density at radius 2 is 1.95 bits per heavy atom. The molecule has 1 aromatic carbocycles. The van der Waals surface area contributed by atoms with E-state index in [9.17, 15) is 9.90 Å². The van der Waals surface area contributed by atoms with Crippen LogP contribution in [-0.2, 0) is 4.79 Å². The summed E-state index contributed by atoms with van der Waals surface area (Å²) in [6.45, 7) is 2.09. The maximum absolute atomic E-state index is 12.6. The Morgan fingerprint density at radius 1 is 1.32 bits per heavy atom. The predicted molar refractivity (Wildman–Crippen MR) is 90.7 cm³/mol. The first-order valence-corrected chi connectivity index (χ1v) is 8.21. The van der Waals surface area contributed by atoms with Gasteiger partial charge in [-0.05, 0) is 56.2 Å². The van der Waals surface area contributed by atoms with Crippen LogP contribution >= 0.6 is 11.6 Å². The van der Waals surface area contributed by atoms with Crippen LogP contribution in [0.4, 0.5) is 0 Å². The van der Waals surface area contributed by atoms with Crippen molar-refractivity contribution in [2.24, 2.45) is 5.92 Å². The number of hydrogen-bond acceptors (Lipinski definition) is 2. The Morgan fingerprint density at radius 3 is 2.55 bits per heavy atom. The van der Waals surface area contributed by atoms with Gasteiger partial charge in [-0.1, -0.05) is 29.8 Å². The molecule has 1 fully saturated rings. The number of nitrogens with zero attached hydrogens (tertiary/aromatic N) is 1. The highest BCUT2D eigenvalue weighted by atomic mass is 35.5. The van der Waals surface area contributed by atoms with Crippen LogP contribution in [0.2, 0.25) is 5.02 Å². The summed E-state index contributed by atoms with van der Waals surface area (Å²) in [4.78, 5) is 14.4. The molecular formula is C18H24ClNO2. The van der Waals surface area contributed by atoms with E-state index in [2.05, 4.69) is 0 Å². The number of likely N-dealkylation sites (N-methyl/N-ethyl adjacent to an activating group) is 1. The summed E-state index contributed by atoms with van der Waals surface area (Å²) in [7, 11) is 1.87. The van der Waals surface area contributed by atoms with E-state index in [-0.39, 0.29) is 18.6 Å². The largest absolute Gasteiger partial charge is 0.396 e. The molecule has 3 nitrogen and oxygen atoms in total. The summed E-state index contributed by atoms with van der Waals surface area (Å²) in [5, 5.41) is 9.85. The molecule has 1 amide bonds. The van der Waals surface area contributed by atoms with Crippen LogP contribution in [0.1, 0.15) is 38.2 Å². The van der Waals surface area contributed by atoms with Gasteiger partial charge in [0.1, 0.15) is 0 Å². The topological polar surface area (TPSA) is 40.5 Å². The van der Waals surface area contributed by atoms with Gasteiger partial charge in [0.25, 0.3) is 0 Å². The molecule has 22 heavy (non-hydrogen) atoms. The summed E-state index contributed by atoms with van der Waals surface area (Å²) >= 11 is 6.14. The van der Waals surface area contributed by atoms with Crippen LogP contribution in [0.3, 0.4) is 0 Å². The fraction of sp³-hybridized carbons (Fsp3) is 0.500. The van der Waals surface area contributed by atoms with Gasteiger partial charge in [-0.15, -0.1) is 0 Å². The molecule has 0 unspecified atom stereocenters. The monoisotopic (exact) mass is 321 g/mol. The Labute approximate surface area is 137 Å². The second kappa shape index (κ2) is 7.80. The summed E-state index contributed by atoms with van der Waals surface area (Å²) < 4.78 is 0. The molecule has 0 aromatic heterocycles. The van der Waals surface area contributed by atoms with E-state index < -0.39 is 0 Å². The third-order valence-electron chi connectivity index (χ3n) is 4.56. The minimum Gasteiger partial charge on any atom is -0.396 e. The number of aliphatic hydroxyl groups excluding tert-OH is 1. The molecule has 1 aliphatic carbocycles. The number of amides is 1. The van der Waals surface area contributed by atoms with Crippen LogP contribution in [0, 0.1) is 5.92 Å². The minimum absolute atomic E-state index is 0.0485. The van der Waals surface area contributed by atoms with Crippen molar-refractivity contribution in [2.75, 3.05) is 13.7 Å². The van der Waals surface area contributed by atoms with Gasteiger partial charge in [-0.25, -0.2) is 0 Å². The molecule has 1 N–H and O–H groups in total. The molecule has 0 spiro atoms. The van der Waals surface area contributed by atoms with Gasteiger partial charge >= 0.3 is 0 Å². The first-order chi connectivity index (χ1) is 10.5. The number of carbonyl (C=O) groups is 1. The molecule has 4 heteroatoms. The summed E-state index contributed by atoms with van der Waals surface area (Å²) in [5.74, 6) is 0.451. The van der Waals surface area contributed by atoms with Crippen LogP contribution in [0.5, 0.6) is 0 Å². The highest BCUT2D eigenvalue weighted by Gasteiger charge is 2.26. The standard InChI is InChI=1S/C18H24ClNO2/c1-13(11-15-5-3-4-6-17(15)19)18(22)20(2)16-9-7-14(12-21)8-10-16/h3-6,11,14,16,21H,7-10,12H2,1-2H3/b13-11+. The van der Waals surface area contributed by atoms with Gasteiger partial charge in [0.05, 0.1) is 0 Å². The Kier molecular flexibility index (Phi) is 6.04. The van der Waals surface area contributed by atoms with Crippen molar-refractivity contribution in [2.45, 2.75) is 38.6 Å². The third-order valence-corrected chi connectivity index (χ3v) is 4.90. The van der Waals surface area contributed by atoms with Crippen molar-refractivity contribution < 1.29 is 9.90 Å². The van der Waals surface area contributed by atoms with Gasteiger partial charge in [-0.3, -0.25) is 4.79 Å². The van der Waals surface area contributed by atoms with E-state index in [1.165, 1.54) is 0 Å². The number of hydrogen-bond donors (Lipinski definition) is 1. The van der Waals surface area contributed by atoms with Gasteiger partial charge in [0.2, 0.25) is 5.91 Å². The van der Waals surface area contributed by atoms with Crippen LogP contribution in [0.15, 0.2) is 29.8 Å². The molecule has 0 bridgehead atoms. The molecule has 1 aliphatic rings. The number of rotatable bonds is 4. The average molecular weight is 322 g/mol. The van der Waals surface area contributed by atoms with Gasteiger partial charge in [0, 0.05) is 30.3 Å². The summed E-state index contributed by atoms with van der Waals surface area (Å²) in [6, 6.07) is 7.79. The van der Waals surface area contributed by atoms with Gasteiger partial charge < -0.3 is 10.0 Å². The zero-order valence-electron chi connectivity index (χ0n) is 13.3. The van der Waals surface area contributed by atoms with E-state index in [0.29, 0.717) is 16.5 Å². The number of aliphatic hydroxyl groups is 1. The molecule has 1 aromatic rings. The Balaban J connectivity index is 2.03. The molecule has 0 aliphatic heterocycles. The number of halogens is 1. The molecule has 0 atom stereocenters. The molecule has 0 radical (unpaired) electrons. The van der Waals surface area contributed by atoms with Crippen LogP contribution in [0.25, 0.3) is 6.08 Å². The van der Waals surface area contributed by atoms with Gasteiger partial charge in [-0.2, -0.15) is 0 Å². The number of benzene rings is 1. The second-order valence-electron chi connectivity index (χ2n) is 6.12. The zero-order valence-corrected chi connectivity index (χ0v) is 14.0. The predicted octanol–water partition coefficient (Wildman–Crippen LogP) is 3.75. The molecule has 0 heterocycles. The lowest BCUT2D eigenvalue weighted by molar-refractivity contribution is -0.128. The first-order valence-electron chi connectivity index (χ1n) is 7.83. The molecular weight excluding hydrogens is 298 g/mol. The van der Waals surface area contributed by atoms with Gasteiger partial charge in [0.15, 0.2) is 0 Å². The normalized spacial score (nSPS) is 22.5. The summed E-state index contributed by atoms with van der Waals surface area (Å²) in [5.41, 5.74) is 1.56. The summed E-state index contributed by atoms with van der Waals surface area (Å²) in [6.07, 6.45) is 5.76. The van der Waals surface area contributed by atoms with E-state index in [1.54, 1.807) is 0 Å². The quantitative estimate of drug-likeness (QED) is 0.858. The van der Waals surface area contributed by atoms with E-state index >= 15 is 0 Å². The zero-order chi connectivity index (χ0) is 16.1. The highest BCUT2D eigenvalue weighted by Crippen LogP contribution is 2.27. The maximum atomic E-state index is 12.6. The lowest BCUT2D eigenvalue weighted by Gasteiger charge is -2.34. The van der Waals surface area contributed by atoms with Crippen molar-refractivity contribution in [3.8, 4) is 0 Å². The fourth-order valence-electron chi connectivity index (χ4n) is 3.05. The van der Waals surface area contributed by atoms with E-state index in [4.69, 9.17) is 11.6 Å². The number of carbonyl (C=O) groups excluding carboxylic acids is 1. The van der Waals surface area contributed by atoms with Crippen molar-refractivity contribution >= 4 is 23.6 Å². The fourth-order valence-corrected chi connectivity index (χ4v) is 3.24. The lowest BCUT2D eigenvalue weighted by Crippen LogP contribution is -2.40. The van der Waals surface area contributed by atoms with E-state index in [1.807, 2.05) is 49.2 Å². The SMILES string of the molecule is C/C(=C\c1ccccc1Cl)C(=O)N(C)C1CCC(CO)CC1. The molecule has 120 valence electrons. The van der Waals surface area contributed by atoms with Crippen molar-refractivity contribution in [3.63, 3.8) is 0 Å².